The van der Waals surface area contributed by atoms with Crippen molar-refractivity contribution in [1.82, 2.24) is 29.9 Å². The van der Waals surface area contributed by atoms with Crippen molar-refractivity contribution in [3.05, 3.63) is 60.6 Å². The highest BCUT2D eigenvalue weighted by Gasteiger charge is 2.17. The Morgan fingerprint density at radius 2 is 2.04 bits per heavy atom. The number of fused-ring (bicyclic) bond motifs is 1. The van der Waals surface area contributed by atoms with E-state index in [1.54, 1.807) is 12.7 Å². The Balaban J connectivity index is 1.64. The third-order valence-electron chi connectivity index (χ3n) is 4.07. The first-order valence-electron chi connectivity index (χ1n) is 8.02. The summed E-state index contributed by atoms with van der Waals surface area (Å²) in [6, 6.07) is 10.3. The van der Waals surface area contributed by atoms with Gasteiger partial charge >= 0.3 is 0 Å². The van der Waals surface area contributed by atoms with Crippen LogP contribution in [0, 0.1) is 6.92 Å². The van der Waals surface area contributed by atoms with Gasteiger partial charge in [-0.05, 0) is 18.9 Å². The van der Waals surface area contributed by atoms with Crippen LogP contribution in [0.2, 0.25) is 0 Å². The monoisotopic (exact) mass is 335 g/mol. The Bertz CT molecular complexity index is 950. The molecule has 0 unspecified atom stereocenters. The number of rotatable bonds is 6. The van der Waals surface area contributed by atoms with Crippen LogP contribution in [0.3, 0.4) is 0 Å². The van der Waals surface area contributed by atoms with Gasteiger partial charge in [-0.1, -0.05) is 35.5 Å². The molecular formula is C17H17N7O. The average molecular weight is 335 g/mol. The van der Waals surface area contributed by atoms with E-state index in [0.717, 1.165) is 29.9 Å². The summed E-state index contributed by atoms with van der Waals surface area (Å²) in [5.74, 6) is 0.719. The molecule has 4 aromatic rings. The molecule has 0 amide bonds. The zero-order valence-electron chi connectivity index (χ0n) is 13.7. The first-order valence-corrected chi connectivity index (χ1v) is 8.02. The number of hydrogen-bond acceptors (Lipinski definition) is 7. The van der Waals surface area contributed by atoms with Gasteiger partial charge in [0.2, 0.25) is 0 Å². The average Bonchev–Trinajstić information content (AvgIpc) is 3.30. The molecule has 1 atom stereocenters. The summed E-state index contributed by atoms with van der Waals surface area (Å²) >= 11 is 0. The van der Waals surface area contributed by atoms with E-state index < -0.39 is 0 Å². The normalized spacial score (nSPS) is 12.4. The maximum absolute atomic E-state index is 5.23. The highest BCUT2D eigenvalue weighted by atomic mass is 16.5. The molecule has 0 aliphatic carbocycles. The van der Waals surface area contributed by atoms with Crippen molar-refractivity contribution in [2.45, 2.75) is 25.9 Å². The maximum Gasteiger partial charge on any atom is 0.263 e. The van der Waals surface area contributed by atoms with Crippen LogP contribution in [0.5, 0.6) is 0 Å². The summed E-state index contributed by atoms with van der Waals surface area (Å²) in [5.41, 5.74) is 2.42. The predicted octanol–water partition coefficient (Wildman–Crippen LogP) is 2.76. The zero-order chi connectivity index (χ0) is 17.1. The molecule has 0 bridgehead atoms. The molecular weight excluding hydrogens is 318 g/mol. The SMILES string of the molecule is Cc1noc2ncnc(N[C@@H](CCn3cncn3)c3ccccc3)c12. The second-order valence-corrected chi connectivity index (χ2v) is 5.73. The first kappa shape index (κ1) is 15.3. The summed E-state index contributed by atoms with van der Waals surface area (Å²) in [5, 5.41) is 12.5. The van der Waals surface area contributed by atoms with Crippen molar-refractivity contribution in [2.24, 2.45) is 0 Å². The summed E-state index contributed by atoms with van der Waals surface area (Å²) in [7, 11) is 0. The Labute approximate surface area is 143 Å². The number of aromatic nitrogens is 6. The molecule has 3 aromatic heterocycles. The van der Waals surface area contributed by atoms with Gasteiger partial charge in [-0.2, -0.15) is 10.1 Å². The van der Waals surface area contributed by atoms with Crippen LogP contribution in [-0.4, -0.2) is 29.9 Å². The number of aryl methyl sites for hydroxylation is 2. The molecule has 0 radical (unpaired) electrons. The smallest absolute Gasteiger partial charge is 0.263 e. The van der Waals surface area contributed by atoms with Gasteiger partial charge in [-0.15, -0.1) is 0 Å². The lowest BCUT2D eigenvalue weighted by atomic mass is 10.0. The molecule has 0 spiro atoms. The van der Waals surface area contributed by atoms with E-state index in [4.69, 9.17) is 4.52 Å². The standard InChI is InChI=1S/C17H17N7O/c1-12-15-16(19-10-20-17(15)25-23-12)22-14(13-5-3-2-4-6-13)7-8-24-11-18-9-21-24/h2-6,9-11,14H,7-8H2,1H3,(H,19,20,22)/t14-/m0/s1. The van der Waals surface area contributed by atoms with E-state index in [0.29, 0.717) is 5.71 Å². The fourth-order valence-electron chi connectivity index (χ4n) is 2.81. The molecule has 0 saturated heterocycles. The highest BCUT2D eigenvalue weighted by molar-refractivity contribution is 5.87. The third kappa shape index (κ3) is 3.18. The second-order valence-electron chi connectivity index (χ2n) is 5.73. The lowest BCUT2D eigenvalue weighted by Gasteiger charge is -2.20. The molecule has 0 aliphatic rings. The van der Waals surface area contributed by atoms with Crippen LogP contribution >= 0.6 is 0 Å². The van der Waals surface area contributed by atoms with Gasteiger partial charge in [0.1, 0.15) is 30.2 Å². The number of nitrogens with zero attached hydrogens (tertiary/aromatic N) is 6. The zero-order valence-corrected chi connectivity index (χ0v) is 13.7. The highest BCUT2D eigenvalue weighted by Crippen LogP contribution is 2.28. The summed E-state index contributed by atoms with van der Waals surface area (Å²) < 4.78 is 7.05. The van der Waals surface area contributed by atoms with Gasteiger partial charge in [0.25, 0.3) is 5.71 Å². The third-order valence-corrected chi connectivity index (χ3v) is 4.07. The number of nitrogens with one attached hydrogen (secondary N) is 1. The maximum atomic E-state index is 5.23. The molecule has 25 heavy (non-hydrogen) atoms. The Kier molecular flexibility index (Phi) is 4.07. The topological polar surface area (TPSA) is 94.6 Å². The van der Waals surface area contributed by atoms with Gasteiger partial charge < -0.3 is 9.84 Å². The molecule has 3 heterocycles. The van der Waals surface area contributed by atoms with Gasteiger partial charge in [0.15, 0.2) is 0 Å². The molecule has 4 rings (SSSR count). The largest absolute Gasteiger partial charge is 0.362 e. The lowest BCUT2D eigenvalue weighted by molar-refractivity contribution is 0.442. The number of anilines is 1. The van der Waals surface area contributed by atoms with Crippen LogP contribution in [-0.2, 0) is 6.54 Å². The minimum Gasteiger partial charge on any atom is -0.362 e. The summed E-state index contributed by atoms with van der Waals surface area (Å²) in [6.07, 6.45) is 5.56. The van der Waals surface area contributed by atoms with Crippen LogP contribution in [0.1, 0.15) is 23.7 Å². The van der Waals surface area contributed by atoms with Gasteiger partial charge in [-0.25, -0.2) is 9.97 Å². The Hall–Kier alpha value is -3.29. The van der Waals surface area contributed by atoms with Crippen LogP contribution in [0.15, 0.2) is 53.8 Å². The minimum atomic E-state index is 0.0535. The van der Waals surface area contributed by atoms with Crippen molar-refractivity contribution in [3.63, 3.8) is 0 Å². The van der Waals surface area contributed by atoms with Crippen molar-refractivity contribution < 1.29 is 4.52 Å². The van der Waals surface area contributed by atoms with Crippen molar-refractivity contribution in [3.8, 4) is 0 Å². The fourth-order valence-corrected chi connectivity index (χ4v) is 2.81. The molecule has 1 N–H and O–H groups in total. The van der Waals surface area contributed by atoms with Gasteiger partial charge in [0, 0.05) is 6.54 Å². The molecule has 1 aromatic carbocycles. The van der Waals surface area contributed by atoms with Crippen molar-refractivity contribution >= 4 is 16.9 Å². The molecule has 8 nitrogen and oxygen atoms in total. The van der Waals surface area contributed by atoms with E-state index in [1.165, 1.54) is 11.9 Å². The molecule has 0 aliphatic heterocycles. The van der Waals surface area contributed by atoms with Crippen LogP contribution in [0.25, 0.3) is 11.1 Å². The van der Waals surface area contributed by atoms with E-state index in [9.17, 15) is 0 Å². The number of benzene rings is 1. The van der Waals surface area contributed by atoms with E-state index in [2.05, 4.69) is 42.7 Å². The van der Waals surface area contributed by atoms with E-state index >= 15 is 0 Å². The Morgan fingerprint density at radius 3 is 2.84 bits per heavy atom. The van der Waals surface area contributed by atoms with Gasteiger partial charge in [-0.3, -0.25) is 4.68 Å². The van der Waals surface area contributed by atoms with Crippen LogP contribution < -0.4 is 5.32 Å². The first-order chi connectivity index (χ1) is 12.3. The summed E-state index contributed by atoms with van der Waals surface area (Å²) in [6.45, 7) is 2.62. The van der Waals surface area contributed by atoms with E-state index in [1.807, 2.05) is 29.8 Å². The molecule has 8 heteroatoms. The number of hydrogen-bond donors (Lipinski definition) is 1. The fraction of sp³-hybridized carbons (Fsp3) is 0.235. The predicted molar refractivity (Wildman–Crippen MR) is 91.8 cm³/mol. The molecule has 126 valence electrons. The minimum absolute atomic E-state index is 0.0535. The van der Waals surface area contributed by atoms with Crippen molar-refractivity contribution in [2.75, 3.05) is 5.32 Å². The quantitative estimate of drug-likeness (QED) is 0.579. The second kappa shape index (κ2) is 6.68. The lowest BCUT2D eigenvalue weighted by Crippen LogP contribution is -2.15. The Morgan fingerprint density at radius 1 is 1.16 bits per heavy atom. The molecule has 0 saturated carbocycles. The van der Waals surface area contributed by atoms with Gasteiger partial charge in [0.05, 0.1) is 11.7 Å². The van der Waals surface area contributed by atoms with Crippen LogP contribution in [0.4, 0.5) is 5.82 Å². The van der Waals surface area contributed by atoms with Crippen molar-refractivity contribution in [1.29, 1.82) is 0 Å². The molecule has 0 fully saturated rings. The summed E-state index contributed by atoms with van der Waals surface area (Å²) in [4.78, 5) is 12.5. The van der Waals surface area contributed by atoms with E-state index in [-0.39, 0.29) is 6.04 Å².